The highest BCUT2D eigenvalue weighted by Crippen LogP contribution is 2.31. The molecule has 1 aliphatic heterocycles. The molecule has 0 saturated carbocycles. The van der Waals surface area contributed by atoms with Crippen LogP contribution in [0.4, 0.5) is 5.82 Å². The van der Waals surface area contributed by atoms with Crippen LogP contribution in [0, 0.1) is 6.92 Å². The van der Waals surface area contributed by atoms with Crippen LogP contribution >= 0.6 is 0 Å². The molecular weight excluding hydrogens is 356 g/mol. The van der Waals surface area contributed by atoms with Crippen LogP contribution in [0.2, 0.25) is 0 Å². The van der Waals surface area contributed by atoms with Gasteiger partial charge in [0.25, 0.3) is 0 Å². The molecule has 1 aromatic carbocycles. The van der Waals surface area contributed by atoms with Gasteiger partial charge >= 0.3 is 0 Å². The summed E-state index contributed by atoms with van der Waals surface area (Å²) < 4.78 is 10.4. The fourth-order valence-corrected chi connectivity index (χ4v) is 3.60. The fourth-order valence-electron chi connectivity index (χ4n) is 3.60. The largest absolute Gasteiger partial charge is 0.497 e. The molecule has 7 nitrogen and oxygen atoms in total. The topological polar surface area (TPSA) is 83.4 Å². The van der Waals surface area contributed by atoms with Gasteiger partial charge in [0.1, 0.15) is 11.5 Å². The molecule has 0 bridgehead atoms. The van der Waals surface area contributed by atoms with Gasteiger partial charge in [-0.3, -0.25) is 9.69 Å². The second kappa shape index (κ2) is 7.52. The number of fused-ring (bicyclic) bond motifs is 1. The Morgan fingerprint density at radius 1 is 1.39 bits per heavy atom. The highest BCUT2D eigenvalue weighted by molar-refractivity contribution is 5.95. The first-order valence-corrected chi connectivity index (χ1v) is 9.38. The zero-order valence-electron chi connectivity index (χ0n) is 16.3. The first kappa shape index (κ1) is 18.3. The second-order valence-electron chi connectivity index (χ2n) is 7.08. The van der Waals surface area contributed by atoms with Crippen LogP contribution in [0.15, 0.2) is 41.1 Å². The maximum Gasteiger partial charge on any atom is 0.242 e. The third-order valence-corrected chi connectivity index (χ3v) is 5.28. The number of ether oxygens (including phenoxy) is 1. The van der Waals surface area contributed by atoms with Crippen molar-refractivity contribution in [1.29, 1.82) is 0 Å². The lowest BCUT2D eigenvalue weighted by Gasteiger charge is -2.30. The monoisotopic (exact) mass is 380 g/mol. The molecule has 0 aliphatic carbocycles. The number of aromatic amines is 1. The standard InChI is InChI=1S/C21H24N4O3/c1-13-10-20(24-28-13)23-21(26)14(2)25-8-6-15(7-9-25)18-12-22-19-5-4-16(27-3)11-17(18)19/h4-6,10-12,14,22H,7-9H2,1-3H3,(H,23,24,26)/t14-/m0/s1. The summed E-state index contributed by atoms with van der Waals surface area (Å²) in [6, 6.07) is 7.51. The molecule has 0 spiro atoms. The summed E-state index contributed by atoms with van der Waals surface area (Å²) in [6.07, 6.45) is 5.13. The van der Waals surface area contributed by atoms with Crippen molar-refractivity contribution >= 4 is 28.2 Å². The molecule has 28 heavy (non-hydrogen) atoms. The number of methoxy groups -OCH3 is 1. The van der Waals surface area contributed by atoms with E-state index < -0.39 is 0 Å². The predicted molar refractivity (Wildman–Crippen MR) is 108 cm³/mol. The molecule has 2 N–H and O–H groups in total. The lowest BCUT2D eigenvalue weighted by Crippen LogP contribution is -2.44. The van der Waals surface area contributed by atoms with Crippen LogP contribution in [0.1, 0.15) is 24.7 Å². The van der Waals surface area contributed by atoms with Crippen molar-refractivity contribution < 1.29 is 14.1 Å². The van der Waals surface area contributed by atoms with Crippen molar-refractivity contribution in [1.82, 2.24) is 15.0 Å². The summed E-state index contributed by atoms with van der Waals surface area (Å²) in [5.41, 5.74) is 3.58. The number of hydrogen-bond acceptors (Lipinski definition) is 5. The van der Waals surface area contributed by atoms with Gasteiger partial charge in [0.2, 0.25) is 5.91 Å². The van der Waals surface area contributed by atoms with E-state index in [1.54, 1.807) is 20.1 Å². The van der Waals surface area contributed by atoms with E-state index in [1.807, 2.05) is 19.1 Å². The molecule has 1 atom stereocenters. The number of nitrogens with zero attached hydrogens (tertiary/aromatic N) is 2. The maximum absolute atomic E-state index is 12.5. The van der Waals surface area contributed by atoms with Crippen LogP contribution in [-0.4, -0.2) is 47.2 Å². The SMILES string of the molecule is COc1ccc2[nH]cc(C3=CCN([C@@H](C)C(=O)Nc4cc(C)on4)CC3)c2c1. The third-order valence-electron chi connectivity index (χ3n) is 5.28. The van der Waals surface area contributed by atoms with Crippen LogP contribution in [0.5, 0.6) is 5.75 Å². The molecule has 3 heterocycles. The number of hydrogen-bond donors (Lipinski definition) is 2. The van der Waals surface area contributed by atoms with E-state index in [0.717, 1.165) is 36.2 Å². The van der Waals surface area contributed by atoms with Gasteiger partial charge in [-0.25, -0.2) is 0 Å². The minimum absolute atomic E-state index is 0.0815. The highest BCUT2D eigenvalue weighted by Gasteiger charge is 2.24. The maximum atomic E-state index is 12.5. The van der Waals surface area contributed by atoms with Gasteiger partial charge in [0, 0.05) is 41.8 Å². The van der Waals surface area contributed by atoms with Crippen molar-refractivity contribution in [3.63, 3.8) is 0 Å². The Hall–Kier alpha value is -3.06. The highest BCUT2D eigenvalue weighted by atomic mass is 16.5. The predicted octanol–water partition coefficient (Wildman–Crippen LogP) is 3.59. The van der Waals surface area contributed by atoms with E-state index in [2.05, 4.69) is 38.7 Å². The van der Waals surface area contributed by atoms with Crippen molar-refractivity contribution in [2.75, 3.05) is 25.5 Å². The first-order chi connectivity index (χ1) is 13.5. The molecule has 4 rings (SSSR count). The van der Waals surface area contributed by atoms with E-state index in [1.165, 1.54) is 11.1 Å². The number of rotatable bonds is 5. The Morgan fingerprint density at radius 2 is 2.25 bits per heavy atom. The molecule has 0 fully saturated rings. The number of nitrogens with one attached hydrogen (secondary N) is 2. The molecule has 0 unspecified atom stereocenters. The van der Waals surface area contributed by atoms with E-state index >= 15 is 0 Å². The van der Waals surface area contributed by atoms with Crippen molar-refractivity contribution in [3.8, 4) is 5.75 Å². The molecule has 1 aliphatic rings. The Labute approximate surface area is 163 Å². The Balaban J connectivity index is 1.46. The molecule has 0 radical (unpaired) electrons. The number of carbonyl (C=O) groups excluding carboxylic acids is 1. The van der Waals surface area contributed by atoms with Gasteiger partial charge in [-0.05, 0) is 44.0 Å². The fraction of sp³-hybridized carbons (Fsp3) is 0.333. The van der Waals surface area contributed by atoms with Crippen LogP contribution in [0.3, 0.4) is 0 Å². The van der Waals surface area contributed by atoms with Gasteiger partial charge in [0.05, 0.1) is 13.2 Å². The number of carbonyl (C=O) groups is 1. The Bertz CT molecular complexity index is 1030. The lowest BCUT2D eigenvalue weighted by molar-refractivity contribution is -0.120. The quantitative estimate of drug-likeness (QED) is 0.707. The third kappa shape index (κ3) is 3.53. The van der Waals surface area contributed by atoms with Crippen molar-refractivity contribution in [3.05, 3.63) is 47.9 Å². The molecule has 7 heteroatoms. The number of H-pyrrole nitrogens is 1. The molecule has 3 aromatic rings. The zero-order chi connectivity index (χ0) is 19.7. The summed E-state index contributed by atoms with van der Waals surface area (Å²) in [4.78, 5) is 18.0. The summed E-state index contributed by atoms with van der Waals surface area (Å²) in [7, 11) is 1.68. The first-order valence-electron chi connectivity index (χ1n) is 9.38. The number of amides is 1. The zero-order valence-corrected chi connectivity index (χ0v) is 16.3. The summed E-state index contributed by atoms with van der Waals surface area (Å²) >= 11 is 0. The molecule has 1 amide bonds. The Morgan fingerprint density at radius 3 is 2.93 bits per heavy atom. The minimum atomic E-state index is -0.252. The van der Waals surface area contributed by atoms with Gasteiger partial charge in [-0.2, -0.15) is 0 Å². The normalized spacial score (nSPS) is 16.0. The van der Waals surface area contributed by atoms with E-state index in [0.29, 0.717) is 11.6 Å². The summed E-state index contributed by atoms with van der Waals surface area (Å²) in [5.74, 6) is 1.89. The van der Waals surface area contributed by atoms with Crippen molar-refractivity contribution in [2.45, 2.75) is 26.3 Å². The Kier molecular flexibility index (Phi) is 4.92. The molecular formula is C21H24N4O3. The van der Waals surface area contributed by atoms with Crippen LogP contribution in [0.25, 0.3) is 16.5 Å². The molecule has 146 valence electrons. The number of aromatic nitrogens is 2. The van der Waals surface area contributed by atoms with Gasteiger partial charge < -0.3 is 19.6 Å². The van der Waals surface area contributed by atoms with Gasteiger partial charge in [-0.15, -0.1) is 0 Å². The van der Waals surface area contributed by atoms with Gasteiger partial charge in [0.15, 0.2) is 5.82 Å². The summed E-state index contributed by atoms with van der Waals surface area (Å²) in [6.45, 7) is 5.24. The average Bonchev–Trinajstić information content (AvgIpc) is 3.32. The molecule has 2 aromatic heterocycles. The number of anilines is 1. The van der Waals surface area contributed by atoms with Crippen LogP contribution < -0.4 is 10.1 Å². The van der Waals surface area contributed by atoms with E-state index in [9.17, 15) is 4.79 Å². The van der Waals surface area contributed by atoms with E-state index in [4.69, 9.17) is 9.26 Å². The second-order valence-corrected chi connectivity index (χ2v) is 7.08. The van der Waals surface area contributed by atoms with E-state index in [-0.39, 0.29) is 11.9 Å². The molecule has 0 saturated heterocycles. The smallest absolute Gasteiger partial charge is 0.242 e. The minimum Gasteiger partial charge on any atom is -0.497 e. The number of benzene rings is 1. The van der Waals surface area contributed by atoms with Crippen LogP contribution in [-0.2, 0) is 4.79 Å². The van der Waals surface area contributed by atoms with Crippen molar-refractivity contribution in [2.24, 2.45) is 0 Å². The van der Waals surface area contributed by atoms with Gasteiger partial charge in [-0.1, -0.05) is 11.2 Å². The lowest BCUT2D eigenvalue weighted by atomic mass is 9.98. The number of aryl methyl sites for hydroxylation is 1. The average molecular weight is 380 g/mol. The summed E-state index contributed by atoms with van der Waals surface area (Å²) in [5, 5.41) is 7.79.